The number of carbonyl (C=O) groups is 1. The second-order valence-corrected chi connectivity index (χ2v) is 5.10. The molecule has 1 aliphatic heterocycles. The molecule has 1 saturated heterocycles. The fourth-order valence-electron chi connectivity index (χ4n) is 2.59. The van der Waals surface area contributed by atoms with Crippen LogP contribution < -0.4 is 10.6 Å². The number of carbonyl (C=O) groups excluding carboxylic acids is 1. The van der Waals surface area contributed by atoms with E-state index in [0.29, 0.717) is 18.9 Å². The van der Waals surface area contributed by atoms with Gasteiger partial charge in [0.1, 0.15) is 5.58 Å². The lowest BCUT2D eigenvalue weighted by atomic mass is 10.0. The first-order chi connectivity index (χ1) is 9.33. The molecule has 0 aliphatic carbocycles. The van der Waals surface area contributed by atoms with Crippen molar-refractivity contribution in [1.29, 1.82) is 0 Å². The van der Waals surface area contributed by atoms with Gasteiger partial charge in [-0.2, -0.15) is 0 Å². The Labute approximate surface area is 112 Å². The molecule has 1 fully saturated rings. The monoisotopic (exact) mass is 258 g/mol. The summed E-state index contributed by atoms with van der Waals surface area (Å²) in [4.78, 5) is 11.9. The predicted molar refractivity (Wildman–Crippen MR) is 73.7 cm³/mol. The van der Waals surface area contributed by atoms with E-state index in [-0.39, 0.29) is 5.91 Å². The third-order valence-corrected chi connectivity index (χ3v) is 3.67. The molecule has 1 aliphatic rings. The summed E-state index contributed by atoms with van der Waals surface area (Å²) in [6.07, 6.45) is 3.44. The molecule has 4 heteroatoms. The van der Waals surface area contributed by atoms with E-state index >= 15 is 0 Å². The van der Waals surface area contributed by atoms with E-state index in [9.17, 15) is 4.79 Å². The van der Waals surface area contributed by atoms with Gasteiger partial charge in [-0.3, -0.25) is 4.79 Å². The summed E-state index contributed by atoms with van der Waals surface area (Å²) >= 11 is 0. The highest BCUT2D eigenvalue weighted by Gasteiger charge is 2.18. The zero-order valence-electron chi connectivity index (χ0n) is 10.8. The molecule has 0 radical (unpaired) electrons. The third kappa shape index (κ3) is 2.79. The maximum atomic E-state index is 11.9. The van der Waals surface area contributed by atoms with Crippen LogP contribution in [0.15, 0.2) is 34.9 Å². The van der Waals surface area contributed by atoms with Gasteiger partial charge in [0, 0.05) is 23.9 Å². The second-order valence-electron chi connectivity index (χ2n) is 5.10. The van der Waals surface area contributed by atoms with Crippen LogP contribution in [-0.2, 0) is 11.3 Å². The van der Waals surface area contributed by atoms with Crippen LogP contribution >= 0.6 is 0 Å². The molecule has 2 aromatic rings. The summed E-state index contributed by atoms with van der Waals surface area (Å²) in [5.74, 6) is 0.611. The first-order valence-electron chi connectivity index (χ1n) is 6.75. The Morgan fingerprint density at radius 3 is 3.16 bits per heavy atom. The average Bonchev–Trinajstić information content (AvgIpc) is 3.05. The minimum absolute atomic E-state index is 0.124. The number of amides is 1. The lowest BCUT2D eigenvalue weighted by Gasteiger charge is -2.08. The molecule has 100 valence electrons. The number of hydrogen-bond donors (Lipinski definition) is 2. The molecule has 1 aromatic carbocycles. The standard InChI is InChI=1S/C15H18N2O2/c18-15(7-11-5-6-16-8-11)17-9-12-10-19-14-4-2-1-3-13(12)14/h1-4,10-11,16H,5-9H2,(H,17,18). The predicted octanol–water partition coefficient (Wildman–Crippen LogP) is 2.05. The summed E-state index contributed by atoms with van der Waals surface area (Å²) in [6, 6.07) is 7.88. The Morgan fingerprint density at radius 2 is 2.32 bits per heavy atom. The summed E-state index contributed by atoms with van der Waals surface area (Å²) in [5, 5.41) is 7.33. The number of hydrogen-bond acceptors (Lipinski definition) is 3. The summed E-state index contributed by atoms with van der Waals surface area (Å²) in [7, 11) is 0. The Kier molecular flexibility index (Phi) is 3.51. The number of rotatable bonds is 4. The molecule has 4 nitrogen and oxygen atoms in total. The van der Waals surface area contributed by atoms with Crippen LogP contribution in [0.4, 0.5) is 0 Å². The van der Waals surface area contributed by atoms with Crippen LogP contribution in [0.5, 0.6) is 0 Å². The highest BCUT2D eigenvalue weighted by atomic mass is 16.3. The van der Waals surface area contributed by atoms with Crippen LogP contribution in [0.2, 0.25) is 0 Å². The number of para-hydroxylation sites is 1. The van der Waals surface area contributed by atoms with E-state index in [1.54, 1.807) is 6.26 Å². The lowest BCUT2D eigenvalue weighted by molar-refractivity contribution is -0.122. The van der Waals surface area contributed by atoms with Gasteiger partial charge >= 0.3 is 0 Å². The van der Waals surface area contributed by atoms with Crippen molar-refractivity contribution >= 4 is 16.9 Å². The molecule has 1 unspecified atom stereocenters. The molecule has 0 saturated carbocycles. The fourth-order valence-corrected chi connectivity index (χ4v) is 2.59. The van der Waals surface area contributed by atoms with Crippen molar-refractivity contribution in [2.24, 2.45) is 5.92 Å². The minimum atomic E-state index is 0.124. The average molecular weight is 258 g/mol. The SMILES string of the molecule is O=C(CC1CCNC1)NCc1coc2ccccc12. The molecule has 2 N–H and O–H groups in total. The quantitative estimate of drug-likeness (QED) is 0.882. The van der Waals surface area contributed by atoms with E-state index in [1.807, 2.05) is 24.3 Å². The number of benzene rings is 1. The first kappa shape index (κ1) is 12.2. The van der Waals surface area contributed by atoms with E-state index < -0.39 is 0 Å². The van der Waals surface area contributed by atoms with Gasteiger partial charge in [0.05, 0.1) is 6.26 Å². The van der Waals surface area contributed by atoms with Crippen LogP contribution in [-0.4, -0.2) is 19.0 Å². The molecule has 1 aromatic heterocycles. The Hall–Kier alpha value is -1.81. The van der Waals surface area contributed by atoms with Gasteiger partial charge in [0.2, 0.25) is 5.91 Å². The van der Waals surface area contributed by atoms with Crippen molar-refractivity contribution in [2.75, 3.05) is 13.1 Å². The van der Waals surface area contributed by atoms with E-state index in [1.165, 1.54) is 0 Å². The third-order valence-electron chi connectivity index (χ3n) is 3.67. The second kappa shape index (κ2) is 5.45. The minimum Gasteiger partial charge on any atom is -0.464 e. The molecular weight excluding hydrogens is 240 g/mol. The molecule has 1 atom stereocenters. The lowest BCUT2D eigenvalue weighted by Crippen LogP contribution is -2.25. The van der Waals surface area contributed by atoms with Crippen molar-refractivity contribution in [3.05, 3.63) is 36.1 Å². The van der Waals surface area contributed by atoms with E-state index in [0.717, 1.165) is 36.0 Å². The van der Waals surface area contributed by atoms with Crippen molar-refractivity contribution in [2.45, 2.75) is 19.4 Å². The maximum absolute atomic E-state index is 11.9. The van der Waals surface area contributed by atoms with Gasteiger partial charge in [0.15, 0.2) is 0 Å². The van der Waals surface area contributed by atoms with Gasteiger partial charge in [-0.25, -0.2) is 0 Å². The van der Waals surface area contributed by atoms with Crippen molar-refractivity contribution in [3.8, 4) is 0 Å². The maximum Gasteiger partial charge on any atom is 0.220 e. The normalized spacial score (nSPS) is 18.8. The molecular formula is C15H18N2O2. The van der Waals surface area contributed by atoms with Crippen molar-refractivity contribution < 1.29 is 9.21 Å². The smallest absolute Gasteiger partial charge is 0.220 e. The fraction of sp³-hybridized carbons (Fsp3) is 0.400. The van der Waals surface area contributed by atoms with Crippen LogP contribution in [0, 0.1) is 5.92 Å². The Morgan fingerprint density at radius 1 is 1.42 bits per heavy atom. The number of nitrogens with one attached hydrogen (secondary N) is 2. The zero-order valence-corrected chi connectivity index (χ0v) is 10.8. The van der Waals surface area contributed by atoms with Gasteiger partial charge in [-0.05, 0) is 31.5 Å². The summed E-state index contributed by atoms with van der Waals surface area (Å²) < 4.78 is 5.45. The summed E-state index contributed by atoms with van der Waals surface area (Å²) in [5.41, 5.74) is 1.90. The largest absolute Gasteiger partial charge is 0.464 e. The number of fused-ring (bicyclic) bond motifs is 1. The topological polar surface area (TPSA) is 54.3 Å². The summed E-state index contributed by atoms with van der Waals surface area (Å²) in [6.45, 7) is 2.53. The van der Waals surface area contributed by atoms with Gasteiger partial charge in [-0.15, -0.1) is 0 Å². The van der Waals surface area contributed by atoms with E-state index in [4.69, 9.17) is 4.42 Å². The number of furan rings is 1. The van der Waals surface area contributed by atoms with Crippen LogP contribution in [0.1, 0.15) is 18.4 Å². The zero-order chi connectivity index (χ0) is 13.1. The van der Waals surface area contributed by atoms with Crippen molar-refractivity contribution in [3.63, 3.8) is 0 Å². The molecule has 0 spiro atoms. The Balaban J connectivity index is 1.58. The first-order valence-corrected chi connectivity index (χ1v) is 6.75. The van der Waals surface area contributed by atoms with Crippen LogP contribution in [0.3, 0.4) is 0 Å². The Bertz CT molecular complexity index is 570. The highest BCUT2D eigenvalue weighted by Crippen LogP contribution is 2.20. The van der Waals surface area contributed by atoms with Crippen molar-refractivity contribution in [1.82, 2.24) is 10.6 Å². The molecule has 2 heterocycles. The van der Waals surface area contributed by atoms with E-state index in [2.05, 4.69) is 10.6 Å². The van der Waals surface area contributed by atoms with Gasteiger partial charge < -0.3 is 15.1 Å². The van der Waals surface area contributed by atoms with Gasteiger partial charge in [0.25, 0.3) is 0 Å². The molecule has 3 rings (SSSR count). The molecule has 0 bridgehead atoms. The van der Waals surface area contributed by atoms with Crippen LogP contribution in [0.25, 0.3) is 11.0 Å². The highest BCUT2D eigenvalue weighted by molar-refractivity contribution is 5.82. The van der Waals surface area contributed by atoms with Gasteiger partial charge in [-0.1, -0.05) is 18.2 Å². The molecule has 19 heavy (non-hydrogen) atoms. The molecule has 1 amide bonds.